The van der Waals surface area contributed by atoms with E-state index in [4.69, 9.17) is 5.11 Å². The van der Waals surface area contributed by atoms with E-state index in [-0.39, 0.29) is 6.42 Å². The number of carbonyl (C=O) groups is 1. The molecule has 0 radical (unpaired) electrons. The van der Waals surface area contributed by atoms with E-state index in [0.717, 1.165) is 11.6 Å². The molecule has 1 unspecified atom stereocenters. The summed E-state index contributed by atoms with van der Waals surface area (Å²) in [6.45, 7) is 6.46. The third kappa shape index (κ3) is 4.61. The zero-order valence-electron chi connectivity index (χ0n) is 9.86. The fourth-order valence-electron chi connectivity index (χ4n) is 1.59. The molecule has 1 aromatic heterocycles. The highest BCUT2D eigenvalue weighted by molar-refractivity contribution is 7.13. The molecular weight excluding hydrogens is 224 g/mol. The largest absolute Gasteiger partial charge is 0.481 e. The third-order valence-electron chi connectivity index (χ3n) is 2.08. The highest BCUT2D eigenvalue weighted by Crippen LogP contribution is 2.18. The lowest BCUT2D eigenvalue weighted by Crippen LogP contribution is -2.17. The Hall–Kier alpha value is -1.10. The normalized spacial score (nSPS) is 12.8. The van der Waals surface area contributed by atoms with Crippen molar-refractivity contribution in [3.05, 3.63) is 11.1 Å². The number of nitrogens with zero attached hydrogens (tertiary/aromatic N) is 1. The maximum atomic E-state index is 10.5. The number of aromatic nitrogens is 1. The second kappa shape index (κ2) is 5.84. The summed E-state index contributed by atoms with van der Waals surface area (Å²) in [6.07, 6.45) is 1.07. The highest BCUT2D eigenvalue weighted by Gasteiger charge is 2.09. The van der Waals surface area contributed by atoms with Gasteiger partial charge in [-0.1, -0.05) is 13.8 Å². The second-order valence-corrected chi connectivity index (χ2v) is 5.25. The smallest absolute Gasteiger partial charge is 0.309 e. The molecule has 16 heavy (non-hydrogen) atoms. The van der Waals surface area contributed by atoms with Gasteiger partial charge in [0.15, 0.2) is 5.13 Å². The van der Waals surface area contributed by atoms with Crippen LogP contribution in [0.4, 0.5) is 5.13 Å². The summed E-state index contributed by atoms with van der Waals surface area (Å²) in [4.78, 5) is 14.7. The molecule has 0 aliphatic carbocycles. The number of nitrogens with one attached hydrogen (secondary N) is 1. The number of rotatable bonds is 6. The molecule has 0 aromatic carbocycles. The first kappa shape index (κ1) is 13.0. The molecule has 0 fully saturated rings. The Morgan fingerprint density at radius 2 is 2.25 bits per heavy atom. The van der Waals surface area contributed by atoms with Crippen LogP contribution in [-0.4, -0.2) is 22.1 Å². The monoisotopic (exact) mass is 242 g/mol. The summed E-state index contributed by atoms with van der Waals surface area (Å²) < 4.78 is 0. The molecule has 1 rings (SSSR count). The molecule has 0 saturated carbocycles. The fourth-order valence-corrected chi connectivity index (χ4v) is 2.41. The maximum absolute atomic E-state index is 10.5. The Morgan fingerprint density at radius 3 is 2.81 bits per heavy atom. The van der Waals surface area contributed by atoms with Gasteiger partial charge in [-0.25, -0.2) is 4.98 Å². The lowest BCUT2D eigenvalue weighted by atomic mass is 10.1. The SMILES string of the molecule is CC(C)CC(C)Nc1nc(CC(=O)O)cs1. The summed E-state index contributed by atoms with van der Waals surface area (Å²) in [6, 6.07) is 0.365. The third-order valence-corrected chi connectivity index (χ3v) is 2.90. The number of hydrogen-bond acceptors (Lipinski definition) is 4. The van der Waals surface area contributed by atoms with Crippen LogP contribution in [0.5, 0.6) is 0 Å². The van der Waals surface area contributed by atoms with Gasteiger partial charge in [0.25, 0.3) is 0 Å². The molecule has 0 aliphatic heterocycles. The highest BCUT2D eigenvalue weighted by atomic mass is 32.1. The van der Waals surface area contributed by atoms with Crippen LogP contribution in [-0.2, 0) is 11.2 Å². The van der Waals surface area contributed by atoms with Crippen molar-refractivity contribution in [3.63, 3.8) is 0 Å². The van der Waals surface area contributed by atoms with Gasteiger partial charge in [-0.15, -0.1) is 11.3 Å². The average Bonchev–Trinajstić information content (AvgIpc) is 2.49. The number of thiazole rings is 1. The van der Waals surface area contributed by atoms with E-state index in [1.807, 2.05) is 0 Å². The van der Waals surface area contributed by atoms with Gasteiger partial charge in [-0.3, -0.25) is 4.79 Å². The number of carboxylic acids is 1. The van der Waals surface area contributed by atoms with Crippen LogP contribution >= 0.6 is 11.3 Å². The molecule has 1 aromatic rings. The van der Waals surface area contributed by atoms with Crippen LogP contribution < -0.4 is 5.32 Å². The molecule has 2 N–H and O–H groups in total. The summed E-state index contributed by atoms with van der Waals surface area (Å²) in [5.74, 6) is -0.201. The minimum Gasteiger partial charge on any atom is -0.481 e. The minimum absolute atomic E-state index is 0.00323. The molecule has 0 spiro atoms. The van der Waals surface area contributed by atoms with Crippen LogP contribution in [0.25, 0.3) is 0 Å². The second-order valence-electron chi connectivity index (χ2n) is 4.39. The molecule has 1 atom stereocenters. The van der Waals surface area contributed by atoms with E-state index >= 15 is 0 Å². The molecule has 0 amide bonds. The summed E-state index contributed by atoms with van der Waals surface area (Å²) in [7, 11) is 0. The fraction of sp³-hybridized carbons (Fsp3) is 0.636. The lowest BCUT2D eigenvalue weighted by molar-refractivity contribution is -0.136. The number of anilines is 1. The van der Waals surface area contributed by atoms with Crippen molar-refractivity contribution in [2.75, 3.05) is 5.32 Å². The topological polar surface area (TPSA) is 62.2 Å². The standard InChI is InChI=1S/C11H18N2O2S/c1-7(2)4-8(3)12-11-13-9(6-16-11)5-10(14)15/h6-8H,4-5H2,1-3H3,(H,12,13)(H,14,15). The predicted octanol–water partition coefficient (Wildman–Crippen LogP) is 2.62. The summed E-state index contributed by atoms with van der Waals surface area (Å²) in [5, 5.41) is 14.5. The predicted molar refractivity (Wildman–Crippen MR) is 66.0 cm³/mol. The Kier molecular flexibility index (Phi) is 4.73. The van der Waals surface area contributed by atoms with Crippen molar-refractivity contribution in [2.24, 2.45) is 5.92 Å². The van der Waals surface area contributed by atoms with Crippen molar-refractivity contribution in [2.45, 2.75) is 39.7 Å². The summed E-state index contributed by atoms with van der Waals surface area (Å²) >= 11 is 1.46. The Balaban J connectivity index is 2.48. The Morgan fingerprint density at radius 1 is 1.56 bits per heavy atom. The van der Waals surface area contributed by atoms with E-state index < -0.39 is 5.97 Å². The minimum atomic E-state index is -0.841. The van der Waals surface area contributed by atoms with Crippen LogP contribution in [0.1, 0.15) is 32.9 Å². The zero-order valence-corrected chi connectivity index (χ0v) is 10.7. The molecule has 90 valence electrons. The van der Waals surface area contributed by atoms with Crippen LogP contribution in [0.3, 0.4) is 0 Å². The molecule has 1 heterocycles. The van der Waals surface area contributed by atoms with Gasteiger partial charge >= 0.3 is 5.97 Å². The van der Waals surface area contributed by atoms with Gasteiger partial charge in [0, 0.05) is 11.4 Å². The van der Waals surface area contributed by atoms with Crippen molar-refractivity contribution in [1.82, 2.24) is 4.98 Å². The van der Waals surface area contributed by atoms with Crippen molar-refractivity contribution < 1.29 is 9.90 Å². The molecule has 0 aliphatic rings. The van der Waals surface area contributed by atoms with E-state index in [0.29, 0.717) is 17.7 Å². The van der Waals surface area contributed by atoms with E-state index in [9.17, 15) is 4.79 Å². The lowest BCUT2D eigenvalue weighted by Gasteiger charge is -2.14. The summed E-state index contributed by atoms with van der Waals surface area (Å²) in [5.41, 5.74) is 0.622. The van der Waals surface area contributed by atoms with Gasteiger partial charge < -0.3 is 10.4 Å². The van der Waals surface area contributed by atoms with E-state index in [1.165, 1.54) is 11.3 Å². The number of hydrogen-bond donors (Lipinski definition) is 2. The van der Waals surface area contributed by atoms with Gasteiger partial charge in [-0.2, -0.15) is 0 Å². The van der Waals surface area contributed by atoms with Crippen molar-refractivity contribution in [1.29, 1.82) is 0 Å². The number of aliphatic carboxylic acids is 1. The Bertz CT molecular complexity index is 350. The van der Waals surface area contributed by atoms with Crippen LogP contribution in [0.2, 0.25) is 0 Å². The van der Waals surface area contributed by atoms with Gasteiger partial charge in [-0.05, 0) is 19.3 Å². The maximum Gasteiger partial charge on any atom is 0.309 e. The van der Waals surface area contributed by atoms with Gasteiger partial charge in [0.05, 0.1) is 12.1 Å². The van der Waals surface area contributed by atoms with E-state index in [1.54, 1.807) is 5.38 Å². The molecule has 4 nitrogen and oxygen atoms in total. The van der Waals surface area contributed by atoms with Gasteiger partial charge in [0.2, 0.25) is 0 Å². The Labute approximate surface area is 99.7 Å². The first-order valence-corrected chi connectivity index (χ1v) is 6.28. The first-order chi connectivity index (χ1) is 7.47. The zero-order chi connectivity index (χ0) is 12.1. The van der Waals surface area contributed by atoms with Gasteiger partial charge in [0.1, 0.15) is 0 Å². The molecule has 5 heteroatoms. The van der Waals surface area contributed by atoms with Crippen LogP contribution in [0, 0.1) is 5.92 Å². The van der Waals surface area contributed by atoms with E-state index in [2.05, 4.69) is 31.1 Å². The van der Waals surface area contributed by atoms with Crippen molar-refractivity contribution >= 4 is 22.4 Å². The van der Waals surface area contributed by atoms with Crippen molar-refractivity contribution in [3.8, 4) is 0 Å². The molecular formula is C11H18N2O2S. The molecule has 0 bridgehead atoms. The average molecular weight is 242 g/mol. The first-order valence-electron chi connectivity index (χ1n) is 5.40. The van der Waals surface area contributed by atoms with Crippen LogP contribution in [0.15, 0.2) is 5.38 Å². The quantitative estimate of drug-likeness (QED) is 0.805. The molecule has 0 saturated heterocycles. The number of carboxylic acid groups (broad SMARTS) is 1.